The van der Waals surface area contributed by atoms with Crippen molar-refractivity contribution in [2.45, 2.75) is 44.6 Å². The van der Waals surface area contributed by atoms with E-state index < -0.39 is 0 Å². The normalized spacial score (nSPS) is 25.1. The van der Waals surface area contributed by atoms with Crippen LogP contribution in [0.15, 0.2) is 36.9 Å². The number of benzene rings is 1. The lowest BCUT2D eigenvalue weighted by atomic mass is 9.83. The van der Waals surface area contributed by atoms with Crippen molar-refractivity contribution in [1.82, 2.24) is 10.2 Å². The van der Waals surface area contributed by atoms with Gasteiger partial charge in [-0.25, -0.2) is 0 Å². The molecule has 1 aliphatic heterocycles. The first kappa shape index (κ1) is 21.5. The standard InChI is InChI=1S/C24H33N3O2/c1-2-14-29-18-20-6-5-13-27(16-20)17-22-7-3-4-8-23(22)26-24(28)21-11-9-19(15-25)10-12-21/h2,9-12,20,22-23H,1,3-8,13-14,16-18H2,(H,26,28)/t20?,22-,23+/m0/s1. The molecule has 29 heavy (non-hydrogen) atoms. The van der Waals surface area contributed by atoms with E-state index in [1.54, 1.807) is 24.3 Å². The minimum Gasteiger partial charge on any atom is -0.377 e. The van der Waals surface area contributed by atoms with Gasteiger partial charge in [-0.05, 0) is 68.3 Å². The van der Waals surface area contributed by atoms with E-state index >= 15 is 0 Å². The summed E-state index contributed by atoms with van der Waals surface area (Å²) in [6.07, 6.45) is 8.90. The molecule has 3 rings (SSSR count). The number of carbonyl (C=O) groups is 1. The minimum absolute atomic E-state index is 0.0271. The Hall–Kier alpha value is -2.16. The maximum Gasteiger partial charge on any atom is 0.251 e. The maximum absolute atomic E-state index is 12.7. The van der Waals surface area contributed by atoms with Crippen molar-refractivity contribution in [2.24, 2.45) is 11.8 Å². The third-order valence-corrected chi connectivity index (χ3v) is 6.19. The number of rotatable bonds is 8. The fourth-order valence-electron chi connectivity index (χ4n) is 4.67. The number of ether oxygens (including phenoxy) is 1. The monoisotopic (exact) mass is 395 g/mol. The fraction of sp³-hybridized carbons (Fsp3) is 0.583. The van der Waals surface area contributed by atoms with Crippen LogP contribution in [0.25, 0.3) is 0 Å². The predicted molar refractivity (Wildman–Crippen MR) is 115 cm³/mol. The van der Waals surface area contributed by atoms with Gasteiger partial charge in [0, 0.05) is 24.7 Å². The van der Waals surface area contributed by atoms with Crippen molar-refractivity contribution < 1.29 is 9.53 Å². The van der Waals surface area contributed by atoms with Crippen molar-refractivity contribution in [3.8, 4) is 6.07 Å². The van der Waals surface area contributed by atoms with Crippen LogP contribution in [0.5, 0.6) is 0 Å². The summed E-state index contributed by atoms with van der Waals surface area (Å²) in [6, 6.07) is 9.21. The first-order valence-corrected chi connectivity index (χ1v) is 10.9. The van der Waals surface area contributed by atoms with Crippen LogP contribution in [0.2, 0.25) is 0 Å². The summed E-state index contributed by atoms with van der Waals surface area (Å²) in [6.45, 7) is 8.44. The zero-order valence-electron chi connectivity index (χ0n) is 17.3. The molecule has 0 aromatic heterocycles. The number of hydrogen-bond acceptors (Lipinski definition) is 4. The molecule has 1 heterocycles. The average Bonchev–Trinajstić information content (AvgIpc) is 2.76. The average molecular weight is 396 g/mol. The van der Waals surface area contributed by atoms with Crippen LogP contribution in [0.4, 0.5) is 0 Å². The number of amides is 1. The van der Waals surface area contributed by atoms with Gasteiger partial charge < -0.3 is 15.0 Å². The Morgan fingerprint density at radius 2 is 2.03 bits per heavy atom. The molecule has 1 N–H and O–H groups in total. The molecule has 3 atom stereocenters. The fourth-order valence-corrected chi connectivity index (χ4v) is 4.67. The molecule has 1 aliphatic carbocycles. The summed E-state index contributed by atoms with van der Waals surface area (Å²) >= 11 is 0. The predicted octanol–water partition coefficient (Wildman–Crippen LogP) is 3.76. The molecule has 5 nitrogen and oxygen atoms in total. The Morgan fingerprint density at radius 3 is 2.79 bits per heavy atom. The van der Waals surface area contributed by atoms with Gasteiger partial charge in [0.15, 0.2) is 0 Å². The van der Waals surface area contributed by atoms with Crippen molar-refractivity contribution in [3.63, 3.8) is 0 Å². The lowest BCUT2D eigenvalue weighted by molar-refractivity contribution is 0.0599. The molecule has 0 spiro atoms. The van der Waals surface area contributed by atoms with Crippen molar-refractivity contribution in [2.75, 3.05) is 32.8 Å². The van der Waals surface area contributed by atoms with Crippen molar-refractivity contribution in [3.05, 3.63) is 48.0 Å². The number of likely N-dealkylation sites (tertiary alicyclic amines) is 1. The Labute approximate surface area is 174 Å². The molecular formula is C24H33N3O2. The molecule has 0 bridgehead atoms. The molecule has 1 saturated heterocycles. The highest BCUT2D eigenvalue weighted by molar-refractivity contribution is 5.94. The van der Waals surface area contributed by atoms with Gasteiger partial charge in [0.2, 0.25) is 0 Å². The number of nitrogens with zero attached hydrogens (tertiary/aromatic N) is 2. The van der Waals surface area contributed by atoms with Crippen LogP contribution in [0, 0.1) is 23.2 Å². The molecule has 2 fully saturated rings. The minimum atomic E-state index is -0.0271. The van der Waals surface area contributed by atoms with Gasteiger partial charge in [0.1, 0.15) is 0 Å². The lowest BCUT2D eigenvalue weighted by Crippen LogP contribution is -2.48. The third-order valence-electron chi connectivity index (χ3n) is 6.19. The molecule has 5 heteroatoms. The van der Waals surface area contributed by atoms with E-state index in [2.05, 4.69) is 22.9 Å². The largest absolute Gasteiger partial charge is 0.377 e. The number of hydrogen-bond donors (Lipinski definition) is 1. The van der Waals surface area contributed by atoms with Crippen LogP contribution >= 0.6 is 0 Å². The quantitative estimate of drug-likeness (QED) is 0.538. The highest BCUT2D eigenvalue weighted by Gasteiger charge is 2.30. The zero-order valence-corrected chi connectivity index (χ0v) is 17.3. The van der Waals surface area contributed by atoms with Crippen molar-refractivity contribution in [1.29, 1.82) is 5.26 Å². The molecule has 0 radical (unpaired) electrons. The summed E-state index contributed by atoms with van der Waals surface area (Å²) in [7, 11) is 0. The second-order valence-corrected chi connectivity index (χ2v) is 8.41. The molecular weight excluding hydrogens is 362 g/mol. The summed E-state index contributed by atoms with van der Waals surface area (Å²) in [4.78, 5) is 15.3. The molecule has 2 aliphatic rings. The molecule has 1 unspecified atom stereocenters. The summed E-state index contributed by atoms with van der Waals surface area (Å²) in [5.41, 5.74) is 1.21. The van der Waals surface area contributed by atoms with Crippen LogP contribution in [-0.2, 0) is 4.74 Å². The van der Waals surface area contributed by atoms with E-state index in [9.17, 15) is 4.79 Å². The third kappa shape index (κ3) is 6.42. The van der Waals surface area contributed by atoms with Gasteiger partial charge in [-0.1, -0.05) is 18.9 Å². The van der Waals surface area contributed by atoms with E-state index in [4.69, 9.17) is 10.00 Å². The van der Waals surface area contributed by atoms with Crippen molar-refractivity contribution >= 4 is 5.91 Å². The van der Waals surface area contributed by atoms with E-state index in [0.717, 1.165) is 32.7 Å². The Bertz CT molecular complexity index is 710. The second kappa shape index (κ2) is 11.1. The second-order valence-electron chi connectivity index (χ2n) is 8.41. The van der Waals surface area contributed by atoms with E-state index in [0.29, 0.717) is 29.6 Å². The summed E-state index contributed by atoms with van der Waals surface area (Å²) < 4.78 is 5.68. The van der Waals surface area contributed by atoms with Gasteiger partial charge in [-0.3, -0.25) is 4.79 Å². The van der Waals surface area contributed by atoms with Crippen LogP contribution in [0.1, 0.15) is 54.4 Å². The highest BCUT2D eigenvalue weighted by Crippen LogP contribution is 2.27. The van der Waals surface area contributed by atoms with Gasteiger partial charge >= 0.3 is 0 Å². The number of carbonyl (C=O) groups excluding carboxylic acids is 1. The Balaban J connectivity index is 1.54. The topological polar surface area (TPSA) is 65.4 Å². The summed E-state index contributed by atoms with van der Waals surface area (Å²) in [5, 5.41) is 12.2. The number of nitriles is 1. The van der Waals surface area contributed by atoms with Crippen LogP contribution in [-0.4, -0.2) is 49.7 Å². The SMILES string of the molecule is C=CCOCC1CCCN(C[C@@H]2CCCC[C@H]2NC(=O)c2ccc(C#N)cc2)C1. The molecule has 156 valence electrons. The zero-order chi connectivity index (χ0) is 20.5. The number of nitrogens with one attached hydrogen (secondary N) is 1. The molecule has 1 aromatic carbocycles. The first-order chi connectivity index (χ1) is 14.2. The highest BCUT2D eigenvalue weighted by atomic mass is 16.5. The van der Waals surface area contributed by atoms with Gasteiger partial charge in [0.25, 0.3) is 5.91 Å². The Kier molecular flexibility index (Phi) is 8.27. The molecule has 1 amide bonds. The smallest absolute Gasteiger partial charge is 0.251 e. The van der Waals surface area contributed by atoms with Gasteiger partial charge in [-0.2, -0.15) is 5.26 Å². The first-order valence-electron chi connectivity index (χ1n) is 10.9. The molecule has 1 aromatic rings. The van der Waals surface area contributed by atoms with E-state index in [1.165, 1.54) is 32.1 Å². The van der Waals surface area contributed by atoms with E-state index in [-0.39, 0.29) is 11.9 Å². The van der Waals surface area contributed by atoms with Crippen LogP contribution in [0.3, 0.4) is 0 Å². The molecule has 1 saturated carbocycles. The maximum atomic E-state index is 12.7. The van der Waals surface area contributed by atoms with E-state index in [1.807, 2.05) is 6.08 Å². The van der Waals surface area contributed by atoms with Gasteiger partial charge in [-0.15, -0.1) is 6.58 Å². The lowest BCUT2D eigenvalue weighted by Gasteiger charge is -2.39. The van der Waals surface area contributed by atoms with Gasteiger partial charge in [0.05, 0.1) is 24.8 Å². The summed E-state index contributed by atoms with van der Waals surface area (Å²) in [5.74, 6) is 1.07. The Morgan fingerprint density at radius 1 is 1.24 bits per heavy atom. The van der Waals surface area contributed by atoms with Crippen LogP contribution < -0.4 is 5.32 Å². The number of piperidine rings is 1.